The van der Waals surface area contributed by atoms with Gasteiger partial charge in [0, 0.05) is 17.9 Å². The second kappa shape index (κ2) is 11.5. The number of aryl methyl sites for hydroxylation is 2. The maximum Gasteiger partial charge on any atom is 0.262 e. The second-order valence-corrected chi connectivity index (χ2v) is 7.66. The van der Waals surface area contributed by atoms with E-state index < -0.39 is 11.9 Å². The number of benzene rings is 3. The van der Waals surface area contributed by atoms with Crippen molar-refractivity contribution in [1.82, 2.24) is 5.32 Å². The van der Waals surface area contributed by atoms with Crippen molar-refractivity contribution in [2.75, 3.05) is 23.8 Å². The van der Waals surface area contributed by atoms with E-state index in [1.165, 1.54) is 0 Å². The smallest absolute Gasteiger partial charge is 0.262 e. The lowest BCUT2D eigenvalue weighted by Crippen LogP contribution is -2.41. The summed E-state index contributed by atoms with van der Waals surface area (Å²) in [6, 6.07) is 21.0. The number of ether oxygens (including phenoxy) is 1. The monoisotopic (exact) mass is 445 g/mol. The highest BCUT2D eigenvalue weighted by Gasteiger charge is 2.17. The first-order valence-corrected chi connectivity index (χ1v) is 10.6. The van der Waals surface area contributed by atoms with Gasteiger partial charge in [0.25, 0.3) is 11.8 Å². The van der Waals surface area contributed by atoms with E-state index >= 15 is 0 Å². The lowest BCUT2D eigenvalue weighted by molar-refractivity contribution is -0.118. The number of nitrogens with one attached hydrogen (secondary N) is 3. The Morgan fingerprint density at radius 2 is 1.48 bits per heavy atom. The predicted octanol–water partition coefficient (Wildman–Crippen LogP) is 3.73. The van der Waals surface area contributed by atoms with Crippen LogP contribution in [0.4, 0.5) is 11.4 Å². The van der Waals surface area contributed by atoms with Gasteiger partial charge in [-0.05, 0) is 50.2 Å². The molecule has 0 saturated heterocycles. The van der Waals surface area contributed by atoms with Gasteiger partial charge in [-0.2, -0.15) is 0 Å². The molecule has 0 heterocycles. The van der Waals surface area contributed by atoms with Crippen molar-refractivity contribution in [3.63, 3.8) is 0 Å². The molecule has 0 aliphatic heterocycles. The van der Waals surface area contributed by atoms with Gasteiger partial charge in [0.1, 0.15) is 18.1 Å². The van der Waals surface area contributed by atoms with Crippen LogP contribution in [0, 0.1) is 13.8 Å². The first-order chi connectivity index (χ1) is 15.9. The topological polar surface area (TPSA) is 96.5 Å². The molecule has 0 saturated carbocycles. The van der Waals surface area contributed by atoms with Crippen molar-refractivity contribution in [1.29, 1.82) is 0 Å². The largest absolute Gasteiger partial charge is 0.483 e. The molecule has 0 radical (unpaired) electrons. The van der Waals surface area contributed by atoms with E-state index in [0.717, 1.165) is 16.8 Å². The summed E-state index contributed by atoms with van der Waals surface area (Å²) in [5, 5.41) is 8.56. The van der Waals surface area contributed by atoms with Gasteiger partial charge < -0.3 is 25.5 Å². The van der Waals surface area contributed by atoms with Crippen LogP contribution in [0.2, 0.25) is 0 Å². The molecule has 0 aliphatic rings. The van der Waals surface area contributed by atoms with E-state index in [1.807, 2.05) is 50.2 Å². The maximum absolute atomic E-state index is 12.8. The van der Waals surface area contributed by atoms with Crippen LogP contribution < -0.4 is 20.7 Å². The molecule has 0 aromatic heterocycles. The fourth-order valence-electron chi connectivity index (χ4n) is 3.04. The lowest BCUT2D eigenvalue weighted by atomic mass is 10.1. The minimum Gasteiger partial charge on any atom is -0.483 e. The van der Waals surface area contributed by atoms with Crippen LogP contribution in [0.25, 0.3) is 0 Å². The third-order valence-corrected chi connectivity index (χ3v) is 4.88. The molecule has 0 spiro atoms. The average Bonchev–Trinajstić information content (AvgIpc) is 2.83. The van der Waals surface area contributed by atoms with Gasteiger partial charge in [0.15, 0.2) is 6.61 Å². The molecule has 0 aliphatic carbocycles. The summed E-state index contributed by atoms with van der Waals surface area (Å²) in [6.45, 7) is 3.93. The summed E-state index contributed by atoms with van der Waals surface area (Å²) in [7, 11) is 0. The Morgan fingerprint density at radius 3 is 2.12 bits per heavy atom. The molecule has 3 aromatic carbocycles. The number of rotatable bonds is 10. The Morgan fingerprint density at radius 1 is 0.879 bits per heavy atom. The highest BCUT2D eigenvalue weighted by atomic mass is 16.5. The zero-order chi connectivity index (χ0) is 23.6. The number of carbonyl (C=O) groups is 3. The number of anilines is 2. The Kier molecular flexibility index (Phi) is 8.18. The van der Waals surface area contributed by atoms with Gasteiger partial charge in [-0.1, -0.05) is 47.5 Å². The number of carbonyl (C=O) groups excluding carboxylic acids is 3. The SMILES string of the molecule is Cc1ccc(NC[C@H](C=O)NC(=O)c2ccccc2OCC(=O)Nc2ccc(C)cc2)cc1. The first kappa shape index (κ1) is 23.5. The minimum atomic E-state index is -0.739. The highest BCUT2D eigenvalue weighted by molar-refractivity contribution is 5.98. The van der Waals surface area contributed by atoms with Crippen LogP contribution in [-0.2, 0) is 9.59 Å². The predicted molar refractivity (Wildman–Crippen MR) is 129 cm³/mol. The van der Waals surface area contributed by atoms with Crippen LogP contribution in [0.5, 0.6) is 5.75 Å². The van der Waals surface area contributed by atoms with Gasteiger partial charge in [-0.3, -0.25) is 9.59 Å². The quantitative estimate of drug-likeness (QED) is 0.413. The molecular weight excluding hydrogens is 418 g/mol. The highest BCUT2D eigenvalue weighted by Crippen LogP contribution is 2.18. The Bertz CT molecular complexity index is 1100. The fraction of sp³-hybridized carbons (Fsp3) is 0.192. The molecule has 0 unspecified atom stereocenters. The Hall–Kier alpha value is -4.13. The lowest BCUT2D eigenvalue weighted by Gasteiger charge is -2.16. The third kappa shape index (κ3) is 7.21. The molecule has 7 nitrogen and oxygen atoms in total. The number of aldehydes is 1. The van der Waals surface area contributed by atoms with Crippen molar-refractivity contribution in [3.05, 3.63) is 89.5 Å². The number of hydrogen-bond acceptors (Lipinski definition) is 5. The molecule has 0 bridgehead atoms. The van der Waals surface area contributed by atoms with Crippen LogP contribution in [0.15, 0.2) is 72.8 Å². The van der Waals surface area contributed by atoms with E-state index in [-0.39, 0.29) is 30.4 Å². The molecule has 3 aromatic rings. The van der Waals surface area contributed by atoms with Gasteiger partial charge in [-0.25, -0.2) is 0 Å². The molecule has 170 valence electrons. The van der Waals surface area contributed by atoms with Gasteiger partial charge in [0.05, 0.1) is 5.56 Å². The Balaban J connectivity index is 1.56. The zero-order valence-electron chi connectivity index (χ0n) is 18.6. The van der Waals surface area contributed by atoms with Crippen LogP contribution in [0.3, 0.4) is 0 Å². The number of para-hydroxylation sites is 1. The minimum absolute atomic E-state index is 0.236. The summed E-state index contributed by atoms with van der Waals surface area (Å²) in [5.74, 6) is -0.556. The van der Waals surface area contributed by atoms with Crippen molar-refractivity contribution in [3.8, 4) is 5.75 Å². The molecule has 3 rings (SSSR count). The second-order valence-electron chi connectivity index (χ2n) is 7.66. The standard InChI is InChI=1S/C26H27N3O4/c1-18-7-11-20(12-8-18)27-15-22(16-30)29-26(32)23-5-3-4-6-24(23)33-17-25(31)28-21-13-9-19(2)10-14-21/h3-14,16,22,27H,15,17H2,1-2H3,(H,28,31)(H,29,32)/t22-/m1/s1. The molecular formula is C26H27N3O4. The molecule has 7 heteroatoms. The average molecular weight is 446 g/mol. The zero-order valence-corrected chi connectivity index (χ0v) is 18.6. The van der Waals surface area contributed by atoms with E-state index in [9.17, 15) is 14.4 Å². The Labute approximate surface area is 193 Å². The van der Waals surface area contributed by atoms with Crippen LogP contribution >= 0.6 is 0 Å². The molecule has 2 amide bonds. The van der Waals surface area contributed by atoms with E-state index in [1.54, 1.807) is 36.4 Å². The van der Waals surface area contributed by atoms with Crippen molar-refractivity contribution < 1.29 is 19.1 Å². The van der Waals surface area contributed by atoms with Crippen molar-refractivity contribution in [2.24, 2.45) is 0 Å². The fourth-order valence-corrected chi connectivity index (χ4v) is 3.04. The molecule has 1 atom stereocenters. The van der Waals surface area contributed by atoms with E-state index in [0.29, 0.717) is 12.0 Å². The maximum atomic E-state index is 12.8. The van der Waals surface area contributed by atoms with Crippen molar-refractivity contribution >= 4 is 29.5 Å². The van der Waals surface area contributed by atoms with Crippen molar-refractivity contribution in [2.45, 2.75) is 19.9 Å². The number of amides is 2. The summed E-state index contributed by atoms with van der Waals surface area (Å²) >= 11 is 0. The normalized spacial score (nSPS) is 11.2. The summed E-state index contributed by atoms with van der Waals surface area (Å²) in [4.78, 5) is 36.5. The van der Waals surface area contributed by atoms with Crippen LogP contribution in [-0.4, -0.2) is 37.3 Å². The van der Waals surface area contributed by atoms with Gasteiger partial charge in [0.2, 0.25) is 0 Å². The molecule has 33 heavy (non-hydrogen) atoms. The molecule has 3 N–H and O–H groups in total. The summed E-state index contributed by atoms with van der Waals surface area (Å²) in [5.41, 5.74) is 3.97. The summed E-state index contributed by atoms with van der Waals surface area (Å²) in [6.07, 6.45) is 0.678. The summed E-state index contributed by atoms with van der Waals surface area (Å²) < 4.78 is 5.59. The van der Waals surface area contributed by atoms with E-state index in [4.69, 9.17) is 4.74 Å². The van der Waals surface area contributed by atoms with Gasteiger partial charge in [-0.15, -0.1) is 0 Å². The van der Waals surface area contributed by atoms with Gasteiger partial charge >= 0.3 is 0 Å². The number of hydrogen-bond donors (Lipinski definition) is 3. The molecule has 0 fully saturated rings. The first-order valence-electron chi connectivity index (χ1n) is 10.6. The third-order valence-electron chi connectivity index (χ3n) is 4.88. The van der Waals surface area contributed by atoms with E-state index in [2.05, 4.69) is 16.0 Å². The van der Waals surface area contributed by atoms with Crippen LogP contribution in [0.1, 0.15) is 21.5 Å².